The maximum Gasteiger partial charge on any atom is 0.340 e. The van der Waals surface area contributed by atoms with Gasteiger partial charge in [0, 0.05) is 50.7 Å². The van der Waals surface area contributed by atoms with Gasteiger partial charge in [0.05, 0.1) is 16.1 Å². The molecule has 2 aromatic rings. The van der Waals surface area contributed by atoms with Crippen molar-refractivity contribution in [3.63, 3.8) is 0 Å². The van der Waals surface area contributed by atoms with Gasteiger partial charge >= 0.3 is 5.97 Å². The van der Waals surface area contributed by atoms with Crippen LogP contribution in [0, 0.1) is 13.8 Å². The first-order chi connectivity index (χ1) is 15.6. The number of aromatic nitrogens is 1. The van der Waals surface area contributed by atoms with Gasteiger partial charge in [0.15, 0.2) is 6.61 Å². The third kappa shape index (κ3) is 5.14. The second-order valence-corrected chi connectivity index (χ2v) is 10.7. The summed E-state index contributed by atoms with van der Waals surface area (Å²) in [6.07, 6.45) is 2.95. The first-order valence-electron chi connectivity index (χ1n) is 11.3. The number of anilines is 1. The van der Waals surface area contributed by atoms with E-state index in [2.05, 4.69) is 11.5 Å². The minimum atomic E-state index is -3.72. The van der Waals surface area contributed by atoms with Gasteiger partial charge in [-0.3, -0.25) is 4.79 Å². The number of esters is 1. The fourth-order valence-corrected chi connectivity index (χ4v) is 5.15. The quantitative estimate of drug-likeness (QED) is 0.408. The lowest BCUT2D eigenvalue weighted by atomic mass is 10.1. The van der Waals surface area contributed by atoms with Crippen LogP contribution < -0.4 is 4.90 Å². The molecule has 0 amide bonds. The van der Waals surface area contributed by atoms with E-state index in [-0.39, 0.29) is 16.2 Å². The predicted molar refractivity (Wildman–Crippen MR) is 128 cm³/mol. The fourth-order valence-electron chi connectivity index (χ4n) is 4.22. The topological polar surface area (TPSA) is 88.9 Å². The highest BCUT2D eigenvalue weighted by Crippen LogP contribution is 2.29. The van der Waals surface area contributed by atoms with Gasteiger partial charge in [-0.2, -0.15) is 0 Å². The first-order valence-corrected chi connectivity index (χ1v) is 12.7. The van der Waals surface area contributed by atoms with Crippen LogP contribution in [0.3, 0.4) is 0 Å². The molecule has 1 aliphatic rings. The minimum absolute atomic E-state index is 0.0110. The lowest BCUT2D eigenvalue weighted by Crippen LogP contribution is -2.25. The van der Waals surface area contributed by atoms with Crippen molar-refractivity contribution in [1.29, 1.82) is 0 Å². The second kappa shape index (κ2) is 10.1. The normalized spacial score (nSPS) is 14.2. The highest BCUT2D eigenvalue weighted by atomic mass is 32.2. The number of aryl methyl sites for hydroxylation is 1. The Labute approximate surface area is 196 Å². The van der Waals surface area contributed by atoms with Crippen LogP contribution in [-0.4, -0.2) is 62.8 Å². The molecule has 2 heterocycles. The lowest BCUT2D eigenvalue weighted by Gasteiger charge is -2.22. The molecule has 3 rings (SSSR count). The van der Waals surface area contributed by atoms with Crippen molar-refractivity contribution in [2.24, 2.45) is 0 Å². The van der Waals surface area contributed by atoms with Crippen LogP contribution in [0.4, 0.5) is 5.69 Å². The number of hydrogen-bond donors (Lipinski definition) is 0. The van der Waals surface area contributed by atoms with E-state index in [0.717, 1.165) is 54.6 Å². The Bertz CT molecular complexity index is 1150. The summed E-state index contributed by atoms with van der Waals surface area (Å²) in [5.74, 6) is -0.984. The predicted octanol–water partition coefficient (Wildman–Crippen LogP) is 3.41. The molecule has 1 aliphatic heterocycles. The molecule has 0 unspecified atom stereocenters. The second-order valence-electron chi connectivity index (χ2n) is 8.60. The molecule has 8 nitrogen and oxygen atoms in total. The Morgan fingerprint density at radius 2 is 1.73 bits per heavy atom. The largest absolute Gasteiger partial charge is 0.454 e. The van der Waals surface area contributed by atoms with Crippen LogP contribution in [0.5, 0.6) is 0 Å². The van der Waals surface area contributed by atoms with E-state index in [0.29, 0.717) is 11.3 Å². The van der Waals surface area contributed by atoms with E-state index in [9.17, 15) is 18.0 Å². The van der Waals surface area contributed by atoms with Crippen molar-refractivity contribution >= 4 is 27.5 Å². The van der Waals surface area contributed by atoms with Crippen LogP contribution in [0.15, 0.2) is 29.2 Å². The van der Waals surface area contributed by atoms with E-state index < -0.39 is 22.6 Å². The van der Waals surface area contributed by atoms with Crippen LogP contribution in [0.25, 0.3) is 0 Å². The van der Waals surface area contributed by atoms with Crippen LogP contribution >= 0.6 is 0 Å². The molecule has 0 N–H and O–H groups in total. The standard InChI is InChI=1S/C24H33N3O5S/c1-6-11-27-17(2)14-20(18(27)3)23(28)16-32-24(29)21-15-19(33(30,31)25(4)5)9-10-22(21)26-12-7-8-13-26/h9-10,14-15H,6-8,11-13,16H2,1-5H3. The Morgan fingerprint density at radius 1 is 1.06 bits per heavy atom. The molecule has 180 valence electrons. The number of sulfonamides is 1. The zero-order valence-electron chi connectivity index (χ0n) is 20.1. The fraction of sp³-hybridized carbons (Fsp3) is 0.500. The van der Waals surface area contributed by atoms with Gasteiger partial charge in [-0.15, -0.1) is 0 Å². The molecule has 0 atom stereocenters. The Balaban J connectivity index is 1.86. The molecular weight excluding hydrogens is 442 g/mol. The average molecular weight is 476 g/mol. The summed E-state index contributed by atoms with van der Waals surface area (Å²) in [4.78, 5) is 27.9. The summed E-state index contributed by atoms with van der Waals surface area (Å²) in [7, 11) is -0.844. The third-order valence-corrected chi connectivity index (χ3v) is 7.88. The molecule has 33 heavy (non-hydrogen) atoms. The van der Waals surface area contributed by atoms with E-state index in [4.69, 9.17) is 4.74 Å². The molecule has 1 fully saturated rings. The molecule has 0 bridgehead atoms. The van der Waals surface area contributed by atoms with Gasteiger partial charge in [0.25, 0.3) is 0 Å². The first kappa shape index (κ1) is 25.0. The average Bonchev–Trinajstić information content (AvgIpc) is 3.41. The number of ether oxygens (including phenoxy) is 1. The number of benzene rings is 1. The molecule has 1 saturated heterocycles. The van der Waals surface area contributed by atoms with Crippen molar-refractivity contribution in [1.82, 2.24) is 8.87 Å². The number of rotatable bonds is 9. The SMILES string of the molecule is CCCn1c(C)cc(C(=O)COC(=O)c2cc(S(=O)(=O)N(C)C)ccc2N2CCCC2)c1C. The number of ketones is 1. The number of nitrogens with zero attached hydrogens (tertiary/aromatic N) is 3. The summed E-state index contributed by atoms with van der Waals surface area (Å²) in [5.41, 5.74) is 3.17. The Hall–Kier alpha value is -2.65. The number of hydrogen-bond acceptors (Lipinski definition) is 6. The van der Waals surface area contributed by atoms with Gasteiger partial charge in [-0.1, -0.05) is 6.92 Å². The Kier molecular flexibility index (Phi) is 7.64. The lowest BCUT2D eigenvalue weighted by molar-refractivity contribution is 0.0475. The number of Topliss-reactive ketones (excluding diaryl/α,β-unsaturated/α-hetero) is 1. The van der Waals surface area contributed by atoms with Crippen molar-refractivity contribution < 1.29 is 22.7 Å². The molecule has 1 aromatic heterocycles. The van der Waals surface area contributed by atoms with Crippen LogP contribution in [0.1, 0.15) is 58.3 Å². The summed E-state index contributed by atoms with van der Waals surface area (Å²) in [6, 6.07) is 6.33. The van der Waals surface area contributed by atoms with Gasteiger partial charge < -0.3 is 14.2 Å². The van der Waals surface area contributed by atoms with Crippen LogP contribution in [0.2, 0.25) is 0 Å². The van der Waals surface area contributed by atoms with Gasteiger partial charge in [0.1, 0.15) is 0 Å². The van der Waals surface area contributed by atoms with E-state index in [1.54, 1.807) is 6.07 Å². The maximum atomic E-state index is 13.1. The zero-order valence-corrected chi connectivity index (χ0v) is 20.9. The zero-order chi connectivity index (χ0) is 24.3. The summed E-state index contributed by atoms with van der Waals surface area (Å²) in [5, 5.41) is 0. The smallest absolute Gasteiger partial charge is 0.340 e. The molecule has 0 aliphatic carbocycles. The summed E-state index contributed by atoms with van der Waals surface area (Å²) in [6.45, 7) is 7.88. The highest BCUT2D eigenvalue weighted by Gasteiger charge is 2.26. The van der Waals surface area contributed by atoms with Gasteiger partial charge in [-0.25, -0.2) is 17.5 Å². The van der Waals surface area contributed by atoms with Crippen molar-refractivity contribution in [3.8, 4) is 0 Å². The van der Waals surface area contributed by atoms with Gasteiger partial charge in [0.2, 0.25) is 15.8 Å². The van der Waals surface area contributed by atoms with Crippen molar-refractivity contribution in [2.45, 2.75) is 51.5 Å². The van der Waals surface area contributed by atoms with Crippen molar-refractivity contribution in [2.75, 3.05) is 38.7 Å². The summed E-state index contributed by atoms with van der Waals surface area (Å²) >= 11 is 0. The molecular formula is C24H33N3O5S. The molecule has 1 aromatic carbocycles. The maximum absolute atomic E-state index is 13.1. The number of carbonyl (C=O) groups excluding carboxylic acids is 2. The molecule has 0 saturated carbocycles. The number of carbonyl (C=O) groups is 2. The molecule has 0 spiro atoms. The molecule has 0 radical (unpaired) electrons. The highest BCUT2D eigenvalue weighted by molar-refractivity contribution is 7.89. The van der Waals surface area contributed by atoms with E-state index in [1.807, 2.05) is 24.8 Å². The van der Waals surface area contributed by atoms with E-state index >= 15 is 0 Å². The van der Waals surface area contributed by atoms with Crippen LogP contribution in [-0.2, 0) is 21.3 Å². The third-order valence-electron chi connectivity index (χ3n) is 6.07. The Morgan fingerprint density at radius 3 is 2.33 bits per heavy atom. The van der Waals surface area contributed by atoms with Gasteiger partial charge in [-0.05, 0) is 57.4 Å². The minimum Gasteiger partial charge on any atom is -0.454 e. The summed E-state index contributed by atoms with van der Waals surface area (Å²) < 4.78 is 33.8. The monoisotopic (exact) mass is 475 g/mol. The van der Waals surface area contributed by atoms with E-state index in [1.165, 1.54) is 26.2 Å². The molecule has 9 heteroatoms. The van der Waals surface area contributed by atoms with Crippen molar-refractivity contribution in [3.05, 3.63) is 46.8 Å².